The van der Waals surface area contributed by atoms with E-state index in [-0.39, 0.29) is 27.9 Å². The Bertz CT molecular complexity index is 736. The fourth-order valence-electron chi connectivity index (χ4n) is 1.47. The first-order valence-corrected chi connectivity index (χ1v) is 6.97. The predicted octanol–water partition coefficient (Wildman–Crippen LogP) is 0.904. The van der Waals surface area contributed by atoms with Crippen molar-refractivity contribution >= 4 is 15.7 Å². The molecule has 0 aliphatic heterocycles. The molecule has 0 radical (unpaired) electrons. The van der Waals surface area contributed by atoms with E-state index >= 15 is 0 Å². The summed E-state index contributed by atoms with van der Waals surface area (Å²) in [6.07, 6.45) is 1.22. The molecule has 1 heterocycles. The van der Waals surface area contributed by atoms with Crippen molar-refractivity contribution in [2.45, 2.75) is 10.6 Å². The van der Waals surface area contributed by atoms with Gasteiger partial charge >= 0.3 is 0 Å². The molecule has 0 bridgehead atoms. The average molecular weight is 274 g/mol. The van der Waals surface area contributed by atoms with E-state index in [9.17, 15) is 8.42 Å². The Morgan fingerprint density at radius 2 is 1.95 bits per heavy atom. The van der Waals surface area contributed by atoms with Gasteiger partial charge in [0, 0.05) is 0 Å². The molecule has 0 saturated heterocycles. The summed E-state index contributed by atoms with van der Waals surface area (Å²) >= 11 is 0. The Labute approximate surface area is 110 Å². The summed E-state index contributed by atoms with van der Waals surface area (Å²) in [5.41, 5.74) is 5.65. The van der Waals surface area contributed by atoms with E-state index in [1.807, 2.05) is 6.07 Å². The SMILES string of the molecule is N#Cc1cnc(CS(=O)(=O)c2ccccc2)nc1N. The smallest absolute Gasteiger partial charge is 0.185 e. The lowest BCUT2D eigenvalue weighted by molar-refractivity contribution is 0.594. The molecule has 2 N–H and O–H groups in total. The molecule has 96 valence electrons. The Hall–Kier alpha value is -2.46. The zero-order chi connectivity index (χ0) is 13.9. The molecule has 6 nitrogen and oxygen atoms in total. The van der Waals surface area contributed by atoms with Crippen molar-refractivity contribution in [1.82, 2.24) is 9.97 Å². The molecule has 0 saturated carbocycles. The van der Waals surface area contributed by atoms with E-state index in [0.29, 0.717) is 0 Å². The maximum absolute atomic E-state index is 12.1. The third kappa shape index (κ3) is 2.86. The van der Waals surface area contributed by atoms with Gasteiger partial charge in [0.25, 0.3) is 0 Å². The van der Waals surface area contributed by atoms with Crippen LogP contribution >= 0.6 is 0 Å². The third-order valence-corrected chi connectivity index (χ3v) is 4.04. The lowest BCUT2D eigenvalue weighted by Gasteiger charge is -2.04. The zero-order valence-electron chi connectivity index (χ0n) is 9.81. The number of benzene rings is 1. The number of nitrogens with two attached hydrogens (primary N) is 1. The first-order chi connectivity index (χ1) is 9.03. The highest BCUT2D eigenvalue weighted by Gasteiger charge is 2.17. The average Bonchev–Trinajstić information content (AvgIpc) is 2.39. The minimum Gasteiger partial charge on any atom is -0.382 e. The topological polar surface area (TPSA) is 110 Å². The number of sulfone groups is 1. The van der Waals surface area contributed by atoms with Crippen LogP contribution in [0.5, 0.6) is 0 Å². The third-order valence-electron chi connectivity index (χ3n) is 2.41. The van der Waals surface area contributed by atoms with Gasteiger partial charge in [0.1, 0.15) is 29.0 Å². The lowest BCUT2D eigenvalue weighted by Crippen LogP contribution is -2.09. The van der Waals surface area contributed by atoms with Crippen LogP contribution in [-0.2, 0) is 15.6 Å². The minimum atomic E-state index is -3.51. The van der Waals surface area contributed by atoms with Crippen LogP contribution in [0.2, 0.25) is 0 Å². The summed E-state index contributed by atoms with van der Waals surface area (Å²) in [6, 6.07) is 9.83. The van der Waals surface area contributed by atoms with Gasteiger partial charge < -0.3 is 5.73 Å². The van der Waals surface area contributed by atoms with Crippen LogP contribution in [0.4, 0.5) is 5.82 Å². The molecule has 2 rings (SSSR count). The van der Waals surface area contributed by atoms with Crippen LogP contribution in [0.1, 0.15) is 11.4 Å². The van der Waals surface area contributed by atoms with Crippen molar-refractivity contribution in [3.8, 4) is 6.07 Å². The second-order valence-corrected chi connectivity index (χ2v) is 5.76. The summed E-state index contributed by atoms with van der Waals surface area (Å²) in [5.74, 6) is -0.302. The fraction of sp³-hybridized carbons (Fsp3) is 0.0833. The Morgan fingerprint density at radius 3 is 2.53 bits per heavy atom. The first kappa shape index (κ1) is 13.0. The van der Waals surface area contributed by atoms with E-state index in [0.717, 1.165) is 0 Å². The molecule has 0 amide bonds. The van der Waals surface area contributed by atoms with Gasteiger partial charge in [0.15, 0.2) is 9.84 Å². The van der Waals surface area contributed by atoms with Crippen LogP contribution in [-0.4, -0.2) is 18.4 Å². The standard InChI is InChI=1S/C12H10N4O2S/c13-6-9-7-15-11(16-12(9)14)8-19(17,18)10-4-2-1-3-5-10/h1-5,7H,8H2,(H2,14,15,16). The van der Waals surface area contributed by atoms with Crippen molar-refractivity contribution in [3.63, 3.8) is 0 Å². The normalized spacial score (nSPS) is 10.9. The van der Waals surface area contributed by atoms with Crippen molar-refractivity contribution in [1.29, 1.82) is 5.26 Å². The zero-order valence-corrected chi connectivity index (χ0v) is 10.6. The quantitative estimate of drug-likeness (QED) is 0.890. The summed E-state index contributed by atoms with van der Waals surface area (Å²) in [4.78, 5) is 7.84. The van der Waals surface area contributed by atoms with Gasteiger partial charge in [-0.2, -0.15) is 5.26 Å². The van der Waals surface area contributed by atoms with Crippen LogP contribution < -0.4 is 5.73 Å². The van der Waals surface area contributed by atoms with Gasteiger partial charge in [-0.3, -0.25) is 0 Å². The highest BCUT2D eigenvalue weighted by molar-refractivity contribution is 7.90. The second kappa shape index (κ2) is 5.04. The minimum absolute atomic E-state index is 0.0178. The monoisotopic (exact) mass is 274 g/mol. The Kier molecular flexibility index (Phi) is 3.44. The maximum Gasteiger partial charge on any atom is 0.185 e. The Morgan fingerprint density at radius 1 is 1.26 bits per heavy atom. The van der Waals surface area contributed by atoms with E-state index in [1.54, 1.807) is 18.2 Å². The van der Waals surface area contributed by atoms with Crippen molar-refractivity contribution < 1.29 is 8.42 Å². The molecule has 19 heavy (non-hydrogen) atoms. The van der Waals surface area contributed by atoms with Crippen molar-refractivity contribution in [2.75, 3.05) is 5.73 Å². The van der Waals surface area contributed by atoms with Gasteiger partial charge in [-0.25, -0.2) is 18.4 Å². The summed E-state index contributed by atoms with van der Waals surface area (Å²) in [6.45, 7) is 0. The van der Waals surface area contributed by atoms with Crippen LogP contribution in [0.25, 0.3) is 0 Å². The van der Waals surface area contributed by atoms with Gasteiger partial charge in [0.05, 0.1) is 11.1 Å². The summed E-state index contributed by atoms with van der Waals surface area (Å²) < 4.78 is 24.2. The summed E-state index contributed by atoms with van der Waals surface area (Å²) in [7, 11) is -3.51. The van der Waals surface area contributed by atoms with Crippen LogP contribution in [0, 0.1) is 11.3 Å². The molecule has 0 unspecified atom stereocenters. The number of rotatable bonds is 3. The summed E-state index contributed by atoms with van der Waals surface area (Å²) in [5, 5.41) is 8.69. The van der Waals surface area contributed by atoms with E-state index in [2.05, 4.69) is 9.97 Å². The molecule has 7 heteroatoms. The van der Waals surface area contributed by atoms with Crippen molar-refractivity contribution in [2.24, 2.45) is 0 Å². The van der Waals surface area contributed by atoms with Gasteiger partial charge in [0.2, 0.25) is 0 Å². The van der Waals surface area contributed by atoms with Crippen LogP contribution in [0.15, 0.2) is 41.4 Å². The van der Waals surface area contributed by atoms with Crippen LogP contribution in [0.3, 0.4) is 0 Å². The predicted molar refractivity (Wildman–Crippen MR) is 68.5 cm³/mol. The highest BCUT2D eigenvalue weighted by Crippen LogP contribution is 2.15. The van der Waals surface area contributed by atoms with Gasteiger partial charge in [-0.15, -0.1) is 0 Å². The number of nitriles is 1. The highest BCUT2D eigenvalue weighted by atomic mass is 32.2. The molecule has 0 fully saturated rings. The molecule has 0 spiro atoms. The number of nitrogens with zero attached hydrogens (tertiary/aromatic N) is 3. The van der Waals surface area contributed by atoms with Crippen molar-refractivity contribution in [3.05, 3.63) is 47.9 Å². The molecule has 1 aromatic heterocycles. The van der Waals surface area contributed by atoms with E-state index < -0.39 is 9.84 Å². The second-order valence-electron chi connectivity index (χ2n) is 3.77. The lowest BCUT2D eigenvalue weighted by atomic mass is 10.3. The number of hydrogen-bond acceptors (Lipinski definition) is 6. The largest absolute Gasteiger partial charge is 0.382 e. The fourth-order valence-corrected chi connectivity index (χ4v) is 2.69. The maximum atomic E-state index is 12.1. The molecule has 1 aromatic carbocycles. The molecular formula is C12H10N4O2S. The number of nitrogen functional groups attached to an aromatic ring is 1. The van der Waals surface area contributed by atoms with E-state index in [4.69, 9.17) is 11.0 Å². The number of hydrogen-bond donors (Lipinski definition) is 1. The van der Waals surface area contributed by atoms with Gasteiger partial charge in [-0.05, 0) is 12.1 Å². The first-order valence-electron chi connectivity index (χ1n) is 5.32. The van der Waals surface area contributed by atoms with E-state index in [1.165, 1.54) is 18.3 Å². The number of anilines is 1. The molecule has 0 atom stereocenters. The molecule has 2 aromatic rings. The van der Waals surface area contributed by atoms with Gasteiger partial charge in [-0.1, -0.05) is 18.2 Å². The number of aromatic nitrogens is 2. The molecule has 0 aliphatic carbocycles. The Balaban J connectivity index is 2.32. The molecular weight excluding hydrogens is 264 g/mol. The molecule has 0 aliphatic rings.